The van der Waals surface area contributed by atoms with Crippen molar-refractivity contribution in [1.29, 1.82) is 0 Å². The molecule has 1 unspecified atom stereocenters. The van der Waals surface area contributed by atoms with E-state index in [2.05, 4.69) is 27.4 Å². The summed E-state index contributed by atoms with van der Waals surface area (Å²) in [5, 5.41) is 6.87. The minimum atomic E-state index is 0. The fraction of sp³-hybridized carbons (Fsp3) is 0.857. The largest absolute Gasteiger partial charge is 0.356 e. The molecule has 0 bridgehead atoms. The summed E-state index contributed by atoms with van der Waals surface area (Å²) < 4.78 is 0. The van der Waals surface area contributed by atoms with Crippen molar-refractivity contribution in [2.24, 2.45) is 10.9 Å². The zero-order chi connectivity index (χ0) is 14.4. The van der Waals surface area contributed by atoms with Crippen LogP contribution >= 0.6 is 35.7 Å². The third-order valence-corrected chi connectivity index (χ3v) is 5.14. The van der Waals surface area contributed by atoms with Crippen LogP contribution in [0.3, 0.4) is 0 Å². The lowest BCUT2D eigenvalue weighted by molar-refractivity contribution is -0.132. The van der Waals surface area contributed by atoms with Gasteiger partial charge in [-0.1, -0.05) is 0 Å². The van der Waals surface area contributed by atoms with E-state index in [9.17, 15) is 4.79 Å². The van der Waals surface area contributed by atoms with Gasteiger partial charge in [0, 0.05) is 39.6 Å². The van der Waals surface area contributed by atoms with E-state index in [0.717, 1.165) is 31.4 Å². The Morgan fingerprint density at radius 1 is 1.38 bits per heavy atom. The number of piperidine rings is 1. The quantitative estimate of drug-likeness (QED) is 0.409. The smallest absolute Gasteiger partial charge is 0.222 e. The molecule has 7 heteroatoms. The number of amides is 1. The summed E-state index contributed by atoms with van der Waals surface area (Å²) in [6, 6.07) is 0.311. The number of thioether (sulfide) groups is 1. The normalized spacial score (nSPS) is 24.5. The van der Waals surface area contributed by atoms with Gasteiger partial charge >= 0.3 is 0 Å². The Kier molecular flexibility index (Phi) is 8.77. The minimum absolute atomic E-state index is 0. The molecule has 0 aromatic rings. The number of halogens is 1. The summed E-state index contributed by atoms with van der Waals surface area (Å²) >= 11 is 2.06. The highest BCUT2D eigenvalue weighted by atomic mass is 127. The molecular formula is C14H27IN4OS. The highest BCUT2D eigenvalue weighted by molar-refractivity contribution is 14.0. The van der Waals surface area contributed by atoms with Gasteiger partial charge in [0.15, 0.2) is 5.96 Å². The van der Waals surface area contributed by atoms with E-state index >= 15 is 0 Å². The number of likely N-dealkylation sites (tertiary alicyclic amines) is 1. The molecule has 2 N–H and O–H groups in total. The third-order valence-electron chi connectivity index (χ3n) is 4.09. The number of hydrogen-bond donors (Lipinski definition) is 2. The van der Waals surface area contributed by atoms with E-state index in [1.807, 2.05) is 14.1 Å². The average molecular weight is 426 g/mol. The molecule has 2 heterocycles. The van der Waals surface area contributed by atoms with E-state index in [1.54, 1.807) is 4.90 Å². The van der Waals surface area contributed by atoms with Crippen molar-refractivity contribution in [2.75, 3.05) is 38.7 Å². The van der Waals surface area contributed by atoms with Crippen LogP contribution in [0.4, 0.5) is 0 Å². The number of nitrogens with zero attached hydrogens (tertiary/aromatic N) is 2. The molecule has 1 amide bonds. The second-order valence-corrected chi connectivity index (χ2v) is 6.89. The number of carbonyl (C=O) groups is 1. The van der Waals surface area contributed by atoms with Crippen LogP contribution < -0.4 is 10.6 Å². The third kappa shape index (κ3) is 6.22. The predicted molar refractivity (Wildman–Crippen MR) is 101 cm³/mol. The Labute approximate surface area is 149 Å². The monoisotopic (exact) mass is 426 g/mol. The van der Waals surface area contributed by atoms with Crippen molar-refractivity contribution >= 4 is 47.6 Å². The van der Waals surface area contributed by atoms with Gasteiger partial charge in [0.1, 0.15) is 0 Å². The Morgan fingerprint density at radius 2 is 2.10 bits per heavy atom. The lowest BCUT2D eigenvalue weighted by atomic mass is 10.0. The first kappa shape index (κ1) is 18.9. The minimum Gasteiger partial charge on any atom is -0.356 e. The van der Waals surface area contributed by atoms with Gasteiger partial charge in [0.05, 0.1) is 0 Å². The van der Waals surface area contributed by atoms with Crippen LogP contribution in [0, 0.1) is 5.92 Å². The Morgan fingerprint density at radius 3 is 2.71 bits per heavy atom. The zero-order valence-electron chi connectivity index (χ0n) is 12.9. The molecule has 122 valence electrons. The number of guanidine groups is 1. The lowest BCUT2D eigenvalue weighted by Gasteiger charge is -2.31. The average Bonchev–Trinajstić information content (AvgIpc) is 2.48. The maximum absolute atomic E-state index is 11.5. The lowest BCUT2D eigenvalue weighted by Crippen LogP contribution is -2.52. The Bertz CT molecular complexity index is 361. The number of aliphatic imine (C=N–C) groups is 1. The zero-order valence-corrected chi connectivity index (χ0v) is 16.1. The summed E-state index contributed by atoms with van der Waals surface area (Å²) in [6.45, 7) is 1.77. The molecule has 2 rings (SSSR count). The summed E-state index contributed by atoms with van der Waals surface area (Å²) in [6.07, 6.45) is 4.12. The molecule has 0 aromatic carbocycles. The van der Waals surface area contributed by atoms with Gasteiger partial charge < -0.3 is 15.5 Å². The molecule has 2 aliphatic heterocycles. The van der Waals surface area contributed by atoms with E-state index in [4.69, 9.17) is 0 Å². The first-order valence-corrected chi connectivity index (χ1v) is 8.63. The van der Waals surface area contributed by atoms with Gasteiger partial charge in [-0.05, 0) is 36.7 Å². The van der Waals surface area contributed by atoms with Gasteiger partial charge in [-0.15, -0.1) is 24.0 Å². The topological polar surface area (TPSA) is 56.7 Å². The first-order chi connectivity index (χ1) is 9.69. The SMILES string of the molecule is CN=C(NCC1CCSCC1)NC1CCC(=O)N(C)C1.I. The number of rotatable bonds is 3. The number of carbonyl (C=O) groups excluding carboxylic acids is 1. The summed E-state index contributed by atoms with van der Waals surface area (Å²) in [5.41, 5.74) is 0. The fourth-order valence-corrected chi connectivity index (χ4v) is 3.91. The Hall–Kier alpha value is -0.180. The Balaban J connectivity index is 0.00000220. The maximum atomic E-state index is 11.5. The van der Waals surface area contributed by atoms with Crippen molar-refractivity contribution in [1.82, 2.24) is 15.5 Å². The number of nitrogens with one attached hydrogen (secondary N) is 2. The highest BCUT2D eigenvalue weighted by Crippen LogP contribution is 2.21. The molecule has 2 saturated heterocycles. The number of likely N-dealkylation sites (N-methyl/N-ethyl adjacent to an activating group) is 1. The van der Waals surface area contributed by atoms with E-state index < -0.39 is 0 Å². The molecule has 2 fully saturated rings. The molecule has 0 aromatic heterocycles. The highest BCUT2D eigenvalue weighted by Gasteiger charge is 2.23. The standard InChI is InChI=1S/C14H26N4OS.HI/c1-15-14(16-9-11-5-7-20-8-6-11)17-12-3-4-13(19)18(2)10-12;/h11-12H,3-10H2,1-2H3,(H2,15,16,17);1H. The van der Waals surface area contributed by atoms with Crippen LogP contribution in [0.2, 0.25) is 0 Å². The van der Waals surface area contributed by atoms with Crippen LogP contribution in [0.1, 0.15) is 25.7 Å². The summed E-state index contributed by atoms with van der Waals surface area (Å²) in [7, 11) is 3.68. The second-order valence-electron chi connectivity index (χ2n) is 5.66. The molecule has 5 nitrogen and oxygen atoms in total. The van der Waals surface area contributed by atoms with Gasteiger partial charge in [-0.2, -0.15) is 11.8 Å². The predicted octanol–water partition coefficient (Wildman–Crippen LogP) is 1.53. The van der Waals surface area contributed by atoms with Gasteiger partial charge in [-0.3, -0.25) is 9.79 Å². The van der Waals surface area contributed by atoms with Crippen LogP contribution in [0.25, 0.3) is 0 Å². The molecule has 0 aliphatic carbocycles. The van der Waals surface area contributed by atoms with E-state index in [1.165, 1.54) is 24.3 Å². The van der Waals surface area contributed by atoms with Crippen molar-refractivity contribution in [3.8, 4) is 0 Å². The molecule has 0 saturated carbocycles. The molecule has 1 atom stereocenters. The summed E-state index contributed by atoms with van der Waals surface area (Å²) in [4.78, 5) is 17.6. The summed E-state index contributed by atoms with van der Waals surface area (Å²) in [5.74, 6) is 4.45. The fourth-order valence-electron chi connectivity index (χ4n) is 2.71. The van der Waals surface area contributed by atoms with Crippen molar-refractivity contribution < 1.29 is 4.79 Å². The second kappa shape index (κ2) is 9.76. The molecule has 2 aliphatic rings. The van der Waals surface area contributed by atoms with Crippen molar-refractivity contribution in [3.63, 3.8) is 0 Å². The van der Waals surface area contributed by atoms with Crippen molar-refractivity contribution in [2.45, 2.75) is 31.7 Å². The molecule has 21 heavy (non-hydrogen) atoms. The molecule has 0 radical (unpaired) electrons. The van der Waals surface area contributed by atoms with Gasteiger partial charge in [0.2, 0.25) is 5.91 Å². The van der Waals surface area contributed by atoms with Crippen LogP contribution in [-0.2, 0) is 4.79 Å². The van der Waals surface area contributed by atoms with Gasteiger partial charge in [0.25, 0.3) is 0 Å². The maximum Gasteiger partial charge on any atom is 0.222 e. The van der Waals surface area contributed by atoms with E-state index in [-0.39, 0.29) is 29.9 Å². The molecule has 0 spiro atoms. The molecular weight excluding hydrogens is 399 g/mol. The van der Waals surface area contributed by atoms with Gasteiger partial charge in [-0.25, -0.2) is 0 Å². The number of hydrogen-bond acceptors (Lipinski definition) is 3. The van der Waals surface area contributed by atoms with Crippen molar-refractivity contribution in [3.05, 3.63) is 0 Å². The van der Waals surface area contributed by atoms with Crippen LogP contribution in [0.5, 0.6) is 0 Å². The van der Waals surface area contributed by atoms with Crippen LogP contribution in [-0.4, -0.2) is 61.5 Å². The van der Waals surface area contributed by atoms with E-state index in [0.29, 0.717) is 12.5 Å². The van der Waals surface area contributed by atoms with Crippen LogP contribution in [0.15, 0.2) is 4.99 Å². The first-order valence-electron chi connectivity index (χ1n) is 7.48.